The Morgan fingerprint density at radius 1 is 1.54 bits per heavy atom. The first kappa shape index (κ1) is 10.0. The van der Waals surface area contributed by atoms with Gasteiger partial charge in [-0.3, -0.25) is 0 Å². The summed E-state index contributed by atoms with van der Waals surface area (Å²) in [5.74, 6) is 0. The molecular weight excluding hydrogens is 190 g/mol. The highest BCUT2D eigenvalue weighted by molar-refractivity contribution is 6.69. The van der Waals surface area contributed by atoms with E-state index in [9.17, 15) is 0 Å². The maximum absolute atomic E-state index is 8.50. The van der Waals surface area contributed by atoms with Crippen LogP contribution in [0.3, 0.4) is 0 Å². The summed E-state index contributed by atoms with van der Waals surface area (Å²) in [5.41, 5.74) is 1.58. The number of hydrogen-bond acceptors (Lipinski definition) is 3. The van der Waals surface area contributed by atoms with E-state index in [-0.39, 0.29) is 5.17 Å². The lowest BCUT2D eigenvalue weighted by Crippen LogP contribution is -1.99. The van der Waals surface area contributed by atoms with Gasteiger partial charge < -0.3 is 9.94 Å². The summed E-state index contributed by atoms with van der Waals surface area (Å²) in [5, 5.41) is 11.5. The van der Waals surface area contributed by atoms with Crippen molar-refractivity contribution in [2.45, 2.75) is 6.61 Å². The van der Waals surface area contributed by atoms with Crippen molar-refractivity contribution in [1.82, 2.24) is 0 Å². The van der Waals surface area contributed by atoms with Gasteiger partial charge in [0.15, 0.2) is 5.17 Å². The van der Waals surface area contributed by atoms with E-state index in [4.69, 9.17) is 21.5 Å². The number of methoxy groups -OCH3 is 1. The lowest BCUT2D eigenvalue weighted by Gasteiger charge is -2.04. The molecule has 0 aliphatic heterocycles. The summed E-state index contributed by atoms with van der Waals surface area (Å²) in [7, 11) is 1.60. The van der Waals surface area contributed by atoms with E-state index in [1.54, 1.807) is 13.2 Å². The summed E-state index contributed by atoms with van der Waals surface area (Å²) in [6, 6.07) is 7.34. The summed E-state index contributed by atoms with van der Waals surface area (Å²) in [4.78, 5) is 0. The van der Waals surface area contributed by atoms with Crippen LogP contribution in [0.25, 0.3) is 0 Å². The minimum Gasteiger partial charge on any atom is -0.410 e. The van der Waals surface area contributed by atoms with Gasteiger partial charge in [0.25, 0.3) is 0 Å². The zero-order valence-corrected chi connectivity index (χ0v) is 7.95. The van der Waals surface area contributed by atoms with E-state index in [1.807, 2.05) is 18.2 Å². The Bertz CT molecular complexity index is 312. The number of oxime groups is 1. The molecule has 0 aromatic heterocycles. The Balaban J connectivity index is 3.04. The normalized spacial score (nSPS) is 11.7. The number of nitrogens with zero attached hydrogens (tertiary/aromatic N) is 1. The molecule has 0 heterocycles. The van der Waals surface area contributed by atoms with Gasteiger partial charge in [-0.2, -0.15) is 0 Å². The summed E-state index contributed by atoms with van der Waals surface area (Å²) in [6.07, 6.45) is 0. The molecule has 1 aromatic carbocycles. The van der Waals surface area contributed by atoms with E-state index in [1.165, 1.54) is 0 Å². The molecule has 3 nitrogen and oxygen atoms in total. The maximum atomic E-state index is 8.50. The van der Waals surface area contributed by atoms with Gasteiger partial charge in [0.1, 0.15) is 0 Å². The van der Waals surface area contributed by atoms with Gasteiger partial charge in [0.2, 0.25) is 0 Å². The third-order valence-electron chi connectivity index (χ3n) is 1.63. The second-order valence-corrected chi connectivity index (χ2v) is 2.84. The fourth-order valence-electron chi connectivity index (χ4n) is 1.06. The average Bonchev–Trinajstić information content (AvgIpc) is 2.18. The van der Waals surface area contributed by atoms with Crippen molar-refractivity contribution >= 4 is 16.8 Å². The van der Waals surface area contributed by atoms with Crippen molar-refractivity contribution in [2.75, 3.05) is 7.11 Å². The molecule has 0 fully saturated rings. The molecule has 0 atom stereocenters. The van der Waals surface area contributed by atoms with Crippen LogP contribution in [0.5, 0.6) is 0 Å². The largest absolute Gasteiger partial charge is 0.410 e. The molecule has 1 aromatic rings. The van der Waals surface area contributed by atoms with Crippen LogP contribution in [0, 0.1) is 0 Å². The SMILES string of the molecule is COCc1ccccc1/C(Cl)=N/O. The molecule has 0 unspecified atom stereocenters. The van der Waals surface area contributed by atoms with Crippen molar-refractivity contribution in [1.29, 1.82) is 0 Å². The quantitative estimate of drug-likeness (QED) is 0.461. The van der Waals surface area contributed by atoms with Crippen LogP contribution in [-0.2, 0) is 11.3 Å². The molecule has 70 valence electrons. The van der Waals surface area contributed by atoms with Crippen molar-refractivity contribution in [3.8, 4) is 0 Å². The first-order valence-electron chi connectivity index (χ1n) is 3.74. The lowest BCUT2D eigenvalue weighted by atomic mass is 10.1. The molecule has 1 N–H and O–H groups in total. The number of rotatable bonds is 3. The fraction of sp³-hybridized carbons (Fsp3) is 0.222. The Morgan fingerprint density at radius 3 is 2.85 bits per heavy atom. The number of benzene rings is 1. The summed E-state index contributed by atoms with van der Waals surface area (Å²) >= 11 is 5.68. The van der Waals surface area contributed by atoms with E-state index < -0.39 is 0 Å². The van der Waals surface area contributed by atoms with E-state index in [0.29, 0.717) is 12.2 Å². The van der Waals surface area contributed by atoms with Gasteiger partial charge >= 0.3 is 0 Å². The molecule has 0 bridgehead atoms. The van der Waals surface area contributed by atoms with E-state index in [2.05, 4.69) is 5.16 Å². The predicted molar refractivity (Wildman–Crippen MR) is 51.3 cm³/mol. The minimum absolute atomic E-state index is 0.0765. The van der Waals surface area contributed by atoms with Crippen LogP contribution >= 0.6 is 11.6 Å². The van der Waals surface area contributed by atoms with Crippen molar-refractivity contribution in [2.24, 2.45) is 5.16 Å². The Kier molecular flexibility index (Phi) is 3.73. The molecule has 4 heteroatoms. The molecule has 0 amide bonds. The molecule has 13 heavy (non-hydrogen) atoms. The third-order valence-corrected chi connectivity index (χ3v) is 1.91. The molecular formula is C9H10ClNO2. The highest BCUT2D eigenvalue weighted by atomic mass is 35.5. The van der Waals surface area contributed by atoms with Crippen LogP contribution in [0.15, 0.2) is 29.4 Å². The second-order valence-electron chi connectivity index (χ2n) is 2.48. The van der Waals surface area contributed by atoms with Crippen LogP contribution in [0.4, 0.5) is 0 Å². The first-order valence-corrected chi connectivity index (χ1v) is 4.12. The number of hydrogen-bond donors (Lipinski definition) is 1. The number of ether oxygens (including phenoxy) is 1. The monoisotopic (exact) mass is 199 g/mol. The molecule has 0 saturated heterocycles. The molecule has 0 radical (unpaired) electrons. The predicted octanol–water partition coefficient (Wildman–Crippen LogP) is 2.21. The van der Waals surface area contributed by atoms with Gasteiger partial charge in [-0.1, -0.05) is 41.0 Å². The van der Waals surface area contributed by atoms with Crippen LogP contribution in [0.2, 0.25) is 0 Å². The Hall–Kier alpha value is -1.06. The zero-order chi connectivity index (χ0) is 9.68. The molecule has 0 spiro atoms. The fourth-order valence-corrected chi connectivity index (χ4v) is 1.24. The van der Waals surface area contributed by atoms with E-state index in [0.717, 1.165) is 5.56 Å². The van der Waals surface area contributed by atoms with Gasteiger partial charge in [-0.15, -0.1) is 0 Å². The van der Waals surface area contributed by atoms with Gasteiger partial charge in [-0.25, -0.2) is 0 Å². The van der Waals surface area contributed by atoms with Gasteiger partial charge in [0, 0.05) is 12.7 Å². The minimum atomic E-state index is 0.0765. The molecule has 1 rings (SSSR count). The van der Waals surface area contributed by atoms with Crippen LogP contribution in [-0.4, -0.2) is 17.5 Å². The third kappa shape index (κ3) is 2.44. The van der Waals surface area contributed by atoms with Crippen molar-refractivity contribution in [3.63, 3.8) is 0 Å². The van der Waals surface area contributed by atoms with Crippen molar-refractivity contribution in [3.05, 3.63) is 35.4 Å². The zero-order valence-electron chi connectivity index (χ0n) is 7.20. The average molecular weight is 200 g/mol. The number of halogens is 1. The van der Waals surface area contributed by atoms with Gasteiger partial charge in [-0.05, 0) is 5.56 Å². The van der Waals surface area contributed by atoms with E-state index >= 15 is 0 Å². The highest BCUT2D eigenvalue weighted by Gasteiger charge is 2.05. The van der Waals surface area contributed by atoms with Gasteiger partial charge in [0.05, 0.1) is 6.61 Å². The van der Waals surface area contributed by atoms with Crippen LogP contribution in [0.1, 0.15) is 11.1 Å². The highest BCUT2D eigenvalue weighted by Crippen LogP contribution is 2.12. The first-order chi connectivity index (χ1) is 6.29. The summed E-state index contributed by atoms with van der Waals surface area (Å²) in [6.45, 7) is 0.446. The summed E-state index contributed by atoms with van der Waals surface area (Å²) < 4.78 is 4.97. The maximum Gasteiger partial charge on any atom is 0.175 e. The van der Waals surface area contributed by atoms with Crippen LogP contribution < -0.4 is 0 Å². The topological polar surface area (TPSA) is 41.8 Å². The standard InChI is InChI=1S/C9H10ClNO2/c1-13-6-7-4-2-3-5-8(7)9(10)11-12/h2-5,12H,6H2,1H3/b11-9-. The smallest absolute Gasteiger partial charge is 0.175 e. The Labute approximate surface area is 81.6 Å². The van der Waals surface area contributed by atoms with Crippen molar-refractivity contribution < 1.29 is 9.94 Å². The Morgan fingerprint density at radius 2 is 2.23 bits per heavy atom. The molecule has 0 saturated carbocycles. The lowest BCUT2D eigenvalue weighted by molar-refractivity contribution is 0.184. The second kappa shape index (κ2) is 4.84. The molecule has 0 aliphatic carbocycles. The molecule has 0 aliphatic rings.